The summed E-state index contributed by atoms with van der Waals surface area (Å²) in [4.78, 5) is 16.2. The van der Waals surface area contributed by atoms with Crippen molar-refractivity contribution in [2.75, 3.05) is 12.4 Å². The first kappa shape index (κ1) is 12.9. The van der Waals surface area contributed by atoms with Crippen LogP contribution in [0.5, 0.6) is 5.75 Å². The Morgan fingerprint density at radius 1 is 1.27 bits per heavy atom. The molecule has 0 spiro atoms. The molecule has 0 bridgehead atoms. The number of hydrogen-bond acceptors (Lipinski definition) is 3. The molecule has 0 atom stereocenters. The molecule has 4 rings (SSSR count). The Hall–Kier alpha value is -2.82. The molecule has 0 radical (unpaired) electrons. The number of pyridine rings is 1. The lowest BCUT2D eigenvalue weighted by molar-refractivity contribution is -0.116. The van der Waals surface area contributed by atoms with Crippen molar-refractivity contribution in [3.05, 3.63) is 48.3 Å². The Balaban J connectivity index is 1.86. The maximum absolute atomic E-state index is 11.6. The molecule has 0 unspecified atom stereocenters. The van der Waals surface area contributed by atoms with Gasteiger partial charge in [0.15, 0.2) is 0 Å². The highest BCUT2D eigenvalue weighted by molar-refractivity contribution is 5.96. The topological polar surface area (TPSA) is 55.6 Å². The molecule has 0 aliphatic carbocycles. The second-order valence-electron chi connectivity index (χ2n) is 5.35. The van der Waals surface area contributed by atoms with E-state index in [1.54, 1.807) is 7.11 Å². The number of ether oxygens (including phenoxy) is 1. The number of aromatic nitrogens is 2. The molecule has 3 aromatic rings. The third-order valence-corrected chi connectivity index (χ3v) is 3.95. The number of amides is 1. The van der Waals surface area contributed by atoms with Gasteiger partial charge in [-0.15, -0.1) is 0 Å². The fourth-order valence-corrected chi connectivity index (χ4v) is 2.84. The van der Waals surface area contributed by atoms with Crippen molar-refractivity contribution in [2.45, 2.75) is 12.8 Å². The summed E-state index contributed by atoms with van der Waals surface area (Å²) in [5, 5.41) is 2.90. The fourth-order valence-electron chi connectivity index (χ4n) is 2.84. The fraction of sp³-hybridized carbons (Fsp3) is 0.176. The van der Waals surface area contributed by atoms with Crippen LogP contribution in [0.25, 0.3) is 16.9 Å². The van der Waals surface area contributed by atoms with Crippen LogP contribution in [0.4, 0.5) is 5.69 Å². The number of nitrogens with one attached hydrogen (secondary N) is 1. The Labute approximate surface area is 127 Å². The van der Waals surface area contributed by atoms with Crippen molar-refractivity contribution in [1.82, 2.24) is 9.38 Å². The molecule has 1 amide bonds. The number of methoxy groups -OCH3 is 1. The molecule has 3 heterocycles. The summed E-state index contributed by atoms with van der Waals surface area (Å²) in [6.07, 6.45) is 5.20. The smallest absolute Gasteiger partial charge is 0.224 e. The van der Waals surface area contributed by atoms with Gasteiger partial charge in [-0.1, -0.05) is 6.07 Å². The van der Waals surface area contributed by atoms with Gasteiger partial charge in [0.25, 0.3) is 0 Å². The molecule has 5 heteroatoms. The Morgan fingerprint density at radius 2 is 2.18 bits per heavy atom. The van der Waals surface area contributed by atoms with E-state index < -0.39 is 0 Å². The lowest BCUT2D eigenvalue weighted by Gasteiger charge is -2.20. The summed E-state index contributed by atoms with van der Waals surface area (Å²) in [5.41, 5.74) is 4.67. The Kier molecular flexibility index (Phi) is 2.85. The van der Waals surface area contributed by atoms with Gasteiger partial charge in [0.05, 0.1) is 18.5 Å². The quantitative estimate of drug-likeness (QED) is 0.790. The van der Waals surface area contributed by atoms with Gasteiger partial charge in [-0.3, -0.25) is 4.79 Å². The maximum atomic E-state index is 11.6. The summed E-state index contributed by atoms with van der Waals surface area (Å²) >= 11 is 0. The molecular formula is C17H15N3O2. The van der Waals surface area contributed by atoms with Gasteiger partial charge in [-0.2, -0.15) is 0 Å². The second-order valence-corrected chi connectivity index (χ2v) is 5.35. The molecule has 2 aromatic heterocycles. The van der Waals surface area contributed by atoms with Crippen molar-refractivity contribution in [1.29, 1.82) is 0 Å². The van der Waals surface area contributed by atoms with Crippen LogP contribution in [0.15, 0.2) is 42.7 Å². The lowest BCUT2D eigenvalue weighted by atomic mass is 9.98. The SMILES string of the molecule is COc1cc(-c2cn3ccccc3n2)cc2c1NC(=O)CC2. The van der Waals surface area contributed by atoms with Crippen LogP contribution < -0.4 is 10.1 Å². The summed E-state index contributed by atoms with van der Waals surface area (Å²) in [7, 11) is 1.61. The largest absolute Gasteiger partial charge is 0.495 e. The van der Waals surface area contributed by atoms with Crippen molar-refractivity contribution in [2.24, 2.45) is 0 Å². The number of hydrogen-bond donors (Lipinski definition) is 1. The first-order valence-corrected chi connectivity index (χ1v) is 7.19. The van der Waals surface area contributed by atoms with Crippen molar-refractivity contribution < 1.29 is 9.53 Å². The number of carbonyl (C=O) groups is 1. The number of benzene rings is 1. The van der Waals surface area contributed by atoms with Gasteiger partial charge in [0.1, 0.15) is 11.4 Å². The van der Waals surface area contributed by atoms with Crippen molar-refractivity contribution >= 4 is 17.2 Å². The zero-order chi connectivity index (χ0) is 15.1. The zero-order valence-corrected chi connectivity index (χ0v) is 12.2. The van der Waals surface area contributed by atoms with E-state index in [9.17, 15) is 4.79 Å². The Bertz CT molecular complexity index is 832. The minimum Gasteiger partial charge on any atom is -0.495 e. The van der Waals surface area contributed by atoms with E-state index >= 15 is 0 Å². The normalized spacial score (nSPS) is 13.8. The minimum atomic E-state index is 0.0336. The summed E-state index contributed by atoms with van der Waals surface area (Å²) in [6.45, 7) is 0. The second kappa shape index (κ2) is 4.87. The maximum Gasteiger partial charge on any atom is 0.224 e. The highest BCUT2D eigenvalue weighted by Gasteiger charge is 2.20. The van der Waals surface area contributed by atoms with Crippen LogP contribution in [0.1, 0.15) is 12.0 Å². The van der Waals surface area contributed by atoms with Crippen LogP contribution in [-0.2, 0) is 11.2 Å². The summed E-state index contributed by atoms with van der Waals surface area (Å²) in [5.74, 6) is 0.712. The highest BCUT2D eigenvalue weighted by atomic mass is 16.5. The Morgan fingerprint density at radius 3 is 3.00 bits per heavy atom. The van der Waals surface area contributed by atoms with E-state index in [0.717, 1.165) is 34.6 Å². The number of nitrogens with zero attached hydrogens (tertiary/aromatic N) is 2. The molecular weight excluding hydrogens is 278 g/mol. The van der Waals surface area contributed by atoms with E-state index in [1.807, 2.05) is 41.1 Å². The zero-order valence-electron chi connectivity index (χ0n) is 12.2. The predicted molar refractivity (Wildman–Crippen MR) is 84.1 cm³/mol. The molecule has 5 nitrogen and oxygen atoms in total. The summed E-state index contributed by atoms with van der Waals surface area (Å²) in [6, 6.07) is 9.92. The molecule has 1 aliphatic rings. The molecule has 1 N–H and O–H groups in total. The third-order valence-electron chi connectivity index (χ3n) is 3.95. The molecule has 0 saturated carbocycles. The lowest BCUT2D eigenvalue weighted by Crippen LogP contribution is -2.19. The highest BCUT2D eigenvalue weighted by Crippen LogP contribution is 2.37. The van der Waals surface area contributed by atoms with Gasteiger partial charge in [0.2, 0.25) is 5.91 Å². The van der Waals surface area contributed by atoms with Crippen LogP contribution >= 0.6 is 0 Å². The first-order valence-electron chi connectivity index (χ1n) is 7.19. The van der Waals surface area contributed by atoms with Gasteiger partial charge >= 0.3 is 0 Å². The van der Waals surface area contributed by atoms with Crippen molar-refractivity contribution in [3.63, 3.8) is 0 Å². The number of fused-ring (bicyclic) bond motifs is 2. The van der Waals surface area contributed by atoms with Gasteiger partial charge in [0, 0.05) is 24.4 Å². The van der Waals surface area contributed by atoms with E-state index in [4.69, 9.17) is 4.74 Å². The van der Waals surface area contributed by atoms with E-state index in [2.05, 4.69) is 16.4 Å². The van der Waals surface area contributed by atoms with Crippen LogP contribution in [0.2, 0.25) is 0 Å². The van der Waals surface area contributed by atoms with Crippen LogP contribution in [-0.4, -0.2) is 22.4 Å². The van der Waals surface area contributed by atoms with Crippen LogP contribution in [0.3, 0.4) is 0 Å². The average Bonchev–Trinajstić information content (AvgIpc) is 2.98. The first-order chi connectivity index (χ1) is 10.7. The molecule has 1 aromatic carbocycles. The number of aryl methyl sites for hydroxylation is 1. The molecule has 0 saturated heterocycles. The minimum absolute atomic E-state index is 0.0336. The predicted octanol–water partition coefficient (Wildman–Crippen LogP) is 2.89. The molecule has 110 valence electrons. The molecule has 1 aliphatic heterocycles. The van der Waals surface area contributed by atoms with E-state index in [1.165, 1.54) is 0 Å². The third kappa shape index (κ3) is 2.02. The van der Waals surface area contributed by atoms with E-state index in [0.29, 0.717) is 12.2 Å². The van der Waals surface area contributed by atoms with Gasteiger partial charge in [-0.25, -0.2) is 4.98 Å². The standard InChI is InChI=1S/C17H15N3O2/c1-22-14-9-12(8-11-5-6-16(21)19-17(11)14)13-10-20-7-3-2-4-15(20)18-13/h2-4,7-10H,5-6H2,1H3,(H,19,21). The van der Waals surface area contributed by atoms with Gasteiger partial charge < -0.3 is 14.5 Å². The average molecular weight is 293 g/mol. The number of anilines is 1. The summed E-state index contributed by atoms with van der Waals surface area (Å²) < 4.78 is 7.44. The van der Waals surface area contributed by atoms with E-state index in [-0.39, 0.29) is 5.91 Å². The molecule has 0 fully saturated rings. The van der Waals surface area contributed by atoms with Crippen LogP contribution in [0, 0.1) is 0 Å². The monoisotopic (exact) mass is 293 g/mol. The molecule has 22 heavy (non-hydrogen) atoms. The van der Waals surface area contributed by atoms with Crippen molar-refractivity contribution in [3.8, 4) is 17.0 Å². The number of imidazole rings is 1. The number of carbonyl (C=O) groups excluding carboxylic acids is 1. The van der Waals surface area contributed by atoms with Gasteiger partial charge in [-0.05, 0) is 36.2 Å². The number of rotatable bonds is 2.